The lowest BCUT2D eigenvalue weighted by Gasteiger charge is -2.32. The van der Waals surface area contributed by atoms with Crippen LogP contribution in [0.3, 0.4) is 0 Å². The molecular weight excluding hydrogens is 241 g/mol. The summed E-state index contributed by atoms with van der Waals surface area (Å²) in [7, 11) is -1.59. The van der Waals surface area contributed by atoms with Gasteiger partial charge in [-0.3, -0.25) is 0 Å². The normalized spacial score (nSPS) is 14.6. The van der Waals surface area contributed by atoms with Gasteiger partial charge in [-0.05, 0) is 38.6 Å². The van der Waals surface area contributed by atoms with Crippen molar-refractivity contribution in [2.75, 3.05) is 13.3 Å². The van der Waals surface area contributed by atoms with E-state index in [4.69, 9.17) is 0 Å². The number of halogens is 1. The number of benzene rings is 1. The lowest BCUT2D eigenvalue weighted by molar-refractivity contribution is 0.444. The minimum atomic E-state index is -3.26. The number of sulfone groups is 1. The summed E-state index contributed by atoms with van der Waals surface area (Å²) in [6, 6.07) is 5.54. The molecular formula is C12H18FNO2S. The van der Waals surface area contributed by atoms with Crippen molar-refractivity contribution in [3.05, 3.63) is 35.6 Å². The van der Waals surface area contributed by atoms with E-state index in [1.54, 1.807) is 33.0 Å². The third-order valence-corrected chi connectivity index (χ3v) is 5.27. The minimum absolute atomic E-state index is 0.368. The molecule has 1 N–H and O–H groups in total. The van der Waals surface area contributed by atoms with Crippen LogP contribution in [0.5, 0.6) is 0 Å². The van der Waals surface area contributed by atoms with Gasteiger partial charge in [0, 0.05) is 6.26 Å². The van der Waals surface area contributed by atoms with Crippen LogP contribution in [0.1, 0.15) is 25.5 Å². The Balaban J connectivity index is 3.26. The number of nitrogens with one attached hydrogen (secondary N) is 1. The van der Waals surface area contributed by atoms with Crippen molar-refractivity contribution in [2.24, 2.45) is 0 Å². The van der Waals surface area contributed by atoms with Gasteiger partial charge < -0.3 is 5.32 Å². The van der Waals surface area contributed by atoms with E-state index in [2.05, 4.69) is 5.32 Å². The van der Waals surface area contributed by atoms with E-state index in [9.17, 15) is 12.8 Å². The van der Waals surface area contributed by atoms with Crippen molar-refractivity contribution in [1.82, 2.24) is 5.32 Å². The zero-order chi connectivity index (χ0) is 13.3. The Kier molecular flexibility index (Phi) is 3.94. The van der Waals surface area contributed by atoms with Crippen molar-refractivity contribution in [2.45, 2.75) is 24.6 Å². The van der Waals surface area contributed by atoms with Gasteiger partial charge in [-0.2, -0.15) is 0 Å². The van der Waals surface area contributed by atoms with Crippen molar-refractivity contribution in [1.29, 1.82) is 0 Å². The molecule has 0 heterocycles. The first-order valence-electron chi connectivity index (χ1n) is 5.32. The van der Waals surface area contributed by atoms with Crippen molar-refractivity contribution in [3.63, 3.8) is 0 Å². The second kappa shape index (κ2) is 4.74. The summed E-state index contributed by atoms with van der Waals surface area (Å²) in [5.41, 5.74) is 0.628. The van der Waals surface area contributed by atoms with Crippen LogP contribution >= 0.6 is 0 Å². The molecule has 0 aliphatic rings. The molecule has 1 rings (SSSR count). The molecule has 0 fully saturated rings. The van der Waals surface area contributed by atoms with Gasteiger partial charge in [-0.1, -0.05) is 12.1 Å². The third-order valence-electron chi connectivity index (χ3n) is 3.12. The summed E-state index contributed by atoms with van der Waals surface area (Å²) < 4.78 is 35.7. The van der Waals surface area contributed by atoms with Crippen molar-refractivity contribution in [3.8, 4) is 0 Å². The molecule has 0 bridgehead atoms. The van der Waals surface area contributed by atoms with E-state index in [0.717, 1.165) is 0 Å². The molecule has 1 aromatic carbocycles. The fraction of sp³-hybridized carbons (Fsp3) is 0.500. The highest BCUT2D eigenvalue weighted by molar-refractivity contribution is 7.92. The largest absolute Gasteiger partial charge is 0.312 e. The molecule has 0 saturated heterocycles. The van der Waals surface area contributed by atoms with Gasteiger partial charge in [-0.25, -0.2) is 12.8 Å². The van der Waals surface area contributed by atoms with Crippen molar-refractivity contribution >= 4 is 9.84 Å². The van der Waals surface area contributed by atoms with Gasteiger partial charge in [0.05, 0.1) is 10.8 Å². The number of hydrogen-bond acceptors (Lipinski definition) is 3. The summed E-state index contributed by atoms with van der Waals surface area (Å²) >= 11 is 0. The Hall–Kier alpha value is -0.940. The maximum absolute atomic E-state index is 13.2. The fourth-order valence-corrected chi connectivity index (χ4v) is 2.50. The fourth-order valence-electron chi connectivity index (χ4n) is 1.82. The van der Waals surface area contributed by atoms with Gasteiger partial charge >= 0.3 is 0 Å². The summed E-state index contributed by atoms with van der Waals surface area (Å²) in [6.45, 7) is 3.27. The van der Waals surface area contributed by atoms with Gasteiger partial charge in [0.25, 0.3) is 0 Å². The molecule has 0 spiro atoms. The van der Waals surface area contributed by atoms with Gasteiger partial charge in [0.15, 0.2) is 9.84 Å². The molecule has 0 aliphatic carbocycles. The molecule has 96 valence electrons. The van der Waals surface area contributed by atoms with Crippen LogP contribution in [0.25, 0.3) is 0 Å². The zero-order valence-electron chi connectivity index (χ0n) is 10.5. The molecule has 0 aliphatic heterocycles. The Bertz CT molecular complexity index is 497. The van der Waals surface area contributed by atoms with E-state index in [0.29, 0.717) is 5.56 Å². The van der Waals surface area contributed by atoms with Crippen LogP contribution in [-0.4, -0.2) is 26.5 Å². The number of hydrogen-bond donors (Lipinski definition) is 1. The predicted octanol–water partition coefficient (Wildman–Crippen LogP) is 1.91. The van der Waals surface area contributed by atoms with E-state index in [-0.39, 0.29) is 5.82 Å². The maximum atomic E-state index is 13.2. The highest BCUT2D eigenvalue weighted by Crippen LogP contribution is 2.32. The second-order valence-corrected chi connectivity index (χ2v) is 7.25. The quantitative estimate of drug-likeness (QED) is 0.898. The maximum Gasteiger partial charge on any atom is 0.154 e. The SMILES string of the molecule is CNC(c1cccc(F)c1)C(C)(C)S(C)(=O)=O. The van der Waals surface area contributed by atoms with Gasteiger partial charge in [0.1, 0.15) is 5.82 Å². The van der Waals surface area contributed by atoms with E-state index >= 15 is 0 Å². The number of rotatable bonds is 4. The predicted molar refractivity (Wildman–Crippen MR) is 67.1 cm³/mol. The highest BCUT2D eigenvalue weighted by atomic mass is 32.2. The zero-order valence-corrected chi connectivity index (χ0v) is 11.3. The first-order chi connectivity index (χ1) is 7.70. The Morgan fingerprint density at radius 2 is 1.94 bits per heavy atom. The second-order valence-electron chi connectivity index (χ2n) is 4.65. The minimum Gasteiger partial charge on any atom is -0.312 e. The lowest BCUT2D eigenvalue weighted by atomic mass is 9.95. The average molecular weight is 259 g/mol. The summed E-state index contributed by atoms with van der Waals surface area (Å²) in [4.78, 5) is 0. The first kappa shape index (κ1) is 14.1. The van der Waals surface area contributed by atoms with Crippen molar-refractivity contribution < 1.29 is 12.8 Å². The summed E-state index contributed by atoms with van der Waals surface area (Å²) in [5, 5.41) is 2.95. The van der Waals surface area contributed by atoms with Crippen LogP contribution in [0, 0.1) is 5.82 Å². The van der Waals surface area contributed by atoms with Gasteiger partial charge in [-0.15, -0.1) is 0 Å². The molecule has 5 heteroatoms. The van der Waals surface area contributed by atoms with Gasteiger partial charge in [0.2, 0.25) is 0 Å². The highest BCUT2D eigenvalue weighted by Gasteiger charge is 2.39. The summed E-state index contributed by atoms with van der Waals surface area (Å²) in [5.74, 6) is -0.368. The molecule has 0 amide bonds. The van der Waals surface area contributed by atoms with Crippen LogP contribution in [-0.2, 0) is 9.84 Å². The van der Waals surface area contributed by atoms with E-state index < -0.39 is 20.6 Å². The standard InChI is InChI=1S/C12H18FNO2S/c1-12(2,17(4,15)16)11(14-3)9-6-5-7-10(13)8-9/h5-8,11,14H,1-4H3. The lowest BCUT2D eigenvalue weighted by Crippen LogP contribution is -2.43. The molecule has 17 heavy (non-hydrogen) atoms. The van der Waals surface area contributed by atoms with Crippen LogP contribution in [0.2, 0.25) is 0 Å². The Morgan fingerprint density at radius 1 is 1.35 bits per heavy atom. The average Bonchev–Trinajstić information content (AvgIpc) is 2.16. The molecule has 0 radical (unpaired) electrons. The molecule has 1 aromatic rings. The first-order valence-corrected chi connectivity index (χ1v) is 7.21. The van der Waals surface area contributed by atoms with Crippen LogP contribution in [0.4, 0.5) is 4.39 Å². The smallest absolute Gasteiger partial charge is 0.154 e. The monoisotopic (exact) mass is 259 g/mol. The molecule has 0 aromatic heterocycles. The molecule has 1 unspecified atom stereocenters. The summed E-state index contributed by atoms with van der Waals surface area (Å²) in [6.07, 6.45) is 1.19. The topological polar surface area (TPSA) is 46.2 Å². The van der Waals surface area contributed by atoms with Crippen LogP contribution in [0.15, 0.2) is 24.3 Å². The third kappa shape index (κ3) is 2.84. The molecule has 0 saturated carbocycles. The molecule has 1 atom stereocenters. The van der Waals surface area contributed by atoms with E-state index in [1.807, 2.05) is 0 Å². The van der Waals surface area contributed by atoms with Crippen LogP contribution < -0.4 is 5.32 Å². The molecule has 3 nitrogen and oxygen atoms in total. The van der Waals surface area contributed by atoms with E-state index in [1.165, 1.54) is 18.4 Å². The Labute approximate surface area is 102 Å². The Morgan fingerprint density at radius 3 is 2.35 bits per heavy atom.